The topological polar surface area (TPSA) is 82.3 Å². The van der Waals surface area contributed by atoms with Crippen molar-refractivity contribution in [2.75, 3.05) is 6.26 Å². The van der Waals surface area contributed by atoms with Gasteiger partial charge in [-0.25, -0.2) is 13.4 Å². The number of ether oxygens (including phenoxy) is 1. The summed E-state index contributed by atoms with van der Waals surface area (Å²) in [6, 6.07) is 3.05. The summed E-state index contributed by atoms with van der Waals surface area (Å²) in [5.41, 5.74) is 5.98. The molecule has 0 radical (unpaired) electrons. The van der Waals surface area contributed by atoms with Crippen molar-refractivity contribution in [1.29, 1.82) is 0 Å². The monoisotopic (exact) mass is 270 g/mol. The number of aromatic nitrogens is 1. The first kappa shape index (κ1) is 13.3. The van der Waals surface area contributed by atoms with E-state index in [9.17, 15) is 8.42 Å². The summed E-state index contributed by atoms with van der Waals surface area (Å²) < 4.78 is 29.0. The van der Waals surface area contributed by atoms with Gasteiger partial charge in [0.15, 0.2) is 9.84 Å². The van der Waals surface area contributed by atoms with Crippen LogP contribution in [0, 0.1) is 0 Å². The van der Waals surface area contributed by atoms with Crippen molar-refractivity contribution in [3.63, 3.8) is 0 Å². The highest BCUT2D eigenvalue weighted by Gasteiger charge is 2.26. The molecule has 0 aromatic carbocycles. The summed E-state index contributed by atoms with van der Waals surface area (Å²) in [6.45, 7) is 0. The molecule has 1 saturated carbocycles. The molecular weight excluding hydrogens is 252 g/mol. The molecular formula is C12H18N2O3S. The second-order valence-electron chi connectivity index (χ2n) is 4.68. The number of hydrogen-bond acceptors (Lipinski definition) is 5. The molecule has 5 nitrogen and oxygen atoms in total. The lowest BCUT2D eigenvalue weighted by molar-refractivity contribution is 0.123. The lowest BCUT2D eigenvalue weighted by Crippen LogP contribution is -2.41. The van der Waals surface area contributed by atoms with Crippen LogP contribution in [0.15, 0.2) is 23.2 Å². The van der Waals surface area contributed by atoms with Gasteiger partial charge in [-0.3, -0.25) is 0 Å². The fraction of sp³-hybridized carbons (Fsp3) is 0.583. The molecule has 2 atom stereocenters. The number of nitrogens with zero attached hydrogens (tertiary/aromatic N) is 1. The molecule has 6 heteroatoms. The van der Waals surface area contributed by atoms with Crippen molar-refractivity contribution in [1.82, 2.24) is 4.98 Å². The fourth-order valence-electron chi connectivity index (χ4n) is 2.16. The zero-order valence-electron chi connectivity index (χ0n) is 10.4. The standard InChI is InChI=1S/C12H18N2O3S/c1-18(15,16)11-7-4-8-14-12(11)17-10-6-3-2-5-9(10)13/h4,7-10H,2-3,5-6,13H2,1H3. The zero-order chi connectivity index (χ0) is 13.2. The fourth-order valence-corrected chi connectivity index (χ4v) is 2.91. The molecule has 0 saturated heterocycles. The van der Waals surface area contributed by atoms with E-state index < -0.39 is 9.84 Å². The Labute approximate surface area is 107 Å². The van der Waals surface area contributed by atoms with Crippen LogP contribution in [0.4, 0.5) is 0 Å². The average molecular weight is 270 g/mol. The van der Waals surface area contributed by atoms with Crippen molar-refractivity contribution in [3.05, 3.63) is 18.3 Å². The van der Waals surface area contributed by atoms with Crippen LogP contribution in [-0.2, 0) is 9.84 Å². The van der Waals surface area contributed by atoms with E-state index in [4.69, 9.17) is 10.5 Å². The Bertz CT molecular complexity index is 516. The maximum Gasteiger partial charge on any atom is 0.232 e. The maximum atomic E-state index is 11.6. The second-order valence-corrected chi connectivity index (χ2v) is 6.67. The number of rotatable bonds is 3. The molecule has 0 spiro atoms. The Morgan fingerprint density at radius 1 is 1.39 bits per heavy atom. The Hall–Kier alpha value is -1.14. The summed E-state index contributed by atoms with van der Waals surface area (Å²) in [4.78, 5) is 4.14. The first-order valence-electron chi connectivity index (χ1n) is 6.06. The van der Waals surface area contributed by atoms with Crippen LogP contribution < -0.4 is 10.5 Å². The van der Waals surface area contributed by atoms with E-state index in [0.29, 0.717) is 0 Å². The van der Waals surface area contributed by atoms with Gasteiger partial charge in [0.25, 0.3) is 0 Å². The third-order valence-corrected chi connectivity index (χ3v) is 4.26. The normalized spacial score (nSPS) is 24.8. The lowest BCUT2D eigenvalue weighted by atomic mass is 9.93. The molecule has 0 aliphatic heterocycles. The predicted octanol–water partition coefficient (Wildman–Crippen LogP) is 1.13. The third-order valence-electron chi connectivity index (χ3n) is 3.15. The molecule has 1 aliphatic carbocycles. The number of nitrogens with two attached hydrogens (primary N) is 1. The molecule has 2 unspecified atom stereocenters. The average Bonchev–Trinajstić information content (AvgIpc) is 2.31. The van der Waals surface area contributed by atoms with Crippen molar-refractivity contribution < 1.29 is 13.2 Å². The van der Waals surface area contributed by atoms with Crippen LogP contribution in [0.5, 0.6) is 5.88 Å². The minimum atomic E-state index is -3.33. The molecule has 0 amide bonds. The van der Waals surface area contributed by atoms with Crippen LogP contribution in [0.2, 0.25) is 0 Å². The van der Waals surface area contributed by atoms with Gasteiger partial charge in [-0.2, -0.15) is 0 Å². The van der Waals surface area contributed by atoms with Crippen molar-refractivity contribution in [2.45, 2.75) is 42.7 Å². The van der Waals surface area contributed by atoms with E-state index in [1.807, 2.05) is 0 Å². The van der Waals surface area contributed by atoms with Crippen molar-refractivity contribution in [3.8, 4) is 5.88 Å². The molecule has 1 heterocycles. The summed E-state index contributed by atoms with van der Waals surface area (Å²) in [7, 11) is -3.33. The molecule has 2 N–H and O–H groups in total. The van der Waals surface area contributed by atoms with Gasteiger partial charge in [0.1, 0.15) is 11.0 Å². The van der Waals surface area contributed by atoms with Gasteiger partial charge in [0.05, 0.1) is 0 Å². The quantitative estimate of drug-likeness (QED) is 0.890. The van der Waals surface area contributed by atoms with E-state index >= 15 is 0 Å². The van der Waals surface area contributed by atoms with E-state index in [0.717, 1.165) is 31.9 Å². The van der Waals surface area contributed by atoms with E-state index in [2.05, 4.69) is 4.98 Å². The van der Waals surface area contributed by atoms with Crippen LogP contribution in [0.1, 0.15) is 25.7 Å². The first-order valence-corrected chi connectivity index (χ1v) is 7.95. The minimum Gasteiger partial charge on any atom is -0.472 e. The summed E-state index contributed by atoms with van der Waals surface area (Å²) in [6.07, 6.45) is 6.44. The minimum absolute atomic E-state index is 0.0480. The molecule has 0 bridgehead atoms. The summed E-state index contributed by atoms with van der Waals surface area (Å²) in [5.74, 6) is 0.169. The highest BCUT2D eigenvalue weighted by Crippen LogP contribution is 2.26. The van der Waals surface area contributed by atoms with Gasteiger partial charge in [-0.05, 0) is 31.4 Å². The Morgan fingerprint density at radius 2 is 2.11 bits per heavy atom. The van der Waals surface area contributed by atoms with E-state index in [-0.39, 0.29) is 22.9 Å². The SMILES string of the molecule is CS(=O)(=O)c1cccnc1OC1CCCCC1N. The molecule has 18 heavy (non-hydrogen) atoms. The highest BCUT2D eigenvalue weighted by atomic mass is 32.2. The Balaban J connectivity index is 2.24. The van der Waals surface area contributed by atoms with E-state index in [1.54, 1.807) is 6.07 Å². The zero-order valence-corrected chi connectivity index (χ0v) is 11.2. The molecule has 2 rings (SSSR count). The largest absolute Gasteiger partial charge is 0.472 e. The number of pyridine rings is 1. The number of sulfone groups is 1. The highest BCUT2D eigenvalue weighted by molar-refractivity contribution is 7.90. The van der Waals surface area contributed by atoms with Crippen LogP contribution in [0.3, 0.4) is 0 Å². The smallest absolute Gasteiger partial charge is 0.232 e. The third kappa shape index (κ3) is 3.00. The number of hydrogen-bond donors (Lipinski definition) is 1. The molecule has 100 valence electrons. The summed E-state index contributed by atoms with van der Waals surface area (Å²) >= 11 is 0. The van der Waals surface area contributed by atoms with Crippen molar-refractivity contribution in [2.24, 2.45) is 5.73 Å². The predicted molar refractivity (Wildman–Crippen MR) is 68.2 cm³/mol. The van der Waals surface area contributed by atoms with Gasteiger partial charge in [0, 0.05) is 18.5 Å². The van der Waals surface area contributed by atoms with Crippen LogP contribution >= 0.6 is 0 Å². The van der Waals surface area contributed by atoms with Crippen LogP contribution in [0.25, 0.3) is 0 Å². The summed E-state index contributed by atoms with van der Waals surface area (Å²) in [5, 5.41) is 0. The molecule has 1 fully saturated rings. The molecule has 1 aliphatic rings. The van der Waals surface area contributed by atoms with Gasteiger partial charge in [0.2, 0.25) is 5.88 Å². The lowest BCUT2D eigenvalue weighted by Gasteiger charge is -2.29. The molecule has 1 aromatic rings. The van der Waals surface area contributed by atoms with Gasteiger partial charge in [-0.1, -0.05) is 6.42 Å². The van der Waals surface area contributed by atoms with Crippen molar-refractivity contribution >= 4 is 9.84 Å². The maximum absolute atomic E-state index is 11.6. The van der Waals surface area contributed by atoms with E-state index in [1.165, 1.54) is 12.3 Å². The van der Waals surface area contributed by atoms with Gasteiger partial charge >= 0.3 is 0 Å². The van der Waals surface area contributed by atoms with Crippen LogP contribution in [-0.4, -0.2) is 31.8 Å². The van der Waals surface area contributed by atoms with Gasteiger partial charge < -0.3 is 10.5 Å². The molecule has 1 aromatic heterocycles. The van der Waals surface area contributed by atoms with Gasteiger partial charge in [-0.15, -0.1) is 0 Å². The second kappa shape index (κ2) is 5.24. The first-order chi connectivity index (χ1) is 8.48. The Kier molecular flexibility index (Phi) is 3.87. The Morgan fingerprint density at radius 3 is 2.78 bits per heavy atom.